The van der Waals surface area contributed by atoms with Crippen LogP contribution in [-0.2, 0) is 6.61 Å². The number of rotatable bonds is 4. The number of halogens is 1. The standard InChI is InChI=1S/C14H11IO3/c15-13-11(8-16)6-7-12(14(13)17)18-9-10-4-2-1-3-5-10/h1-8,17H,9H2. The van der Waals surface area contributed by atoms with Crippen LogP contribution < -0.4 is 4.74 Å². The number of benzene rings is 2. The zero-order valence-corrected chi connectivity index (χ0v) is 11.6. The van der Waals surface area contributed by atoms with Crippen LogP contribution >= 0.6 is 22.6 Å². The predicted molar refractivity (Wildman–Crippen MR) is 77.0 cm³/mol. The van der Waals surface area contributed by atoms with E-state index in [-0.39, 0.29) is 5.75 Å². The number of ether oxygens (including phenoxy) is 1. The molecule has 0 unspecified atom stereocenters. The summed E-state index contributed by atoms with van der Waals surface area (Å²) in [7, 11) is 0. The van der Waals surface area contributed by atoms with Gasteiger partial charge in [0.05, 0.1) is 3.57 Å². The minimum atomic E-state index is 0.0103. The van der Waals surface area contributed by atoms with Crippen molar-refractivity contribution in [1.82, 2.24) is 0 Å². The summed E-state index contributed by atoms with van der Waals surface area (Å²) in [5.74, 6) is 0.394. The molecule has 1 N–H and O–H groups in total. The van der Waals surface area contributed by atoms with E-state index in [2.05, 4.69) is 0 Å². The molecule has 0 heterocycles. The molecule has 0 atom stereocenters. The molecule has 0 aliphatic carbocycles. The molecule has 0 spiro atoms. The van der Waals surface area contributed by atoms with Crippen molar-refractivity contribution in [3.8, 4) is 11.5 Å². The molecule has 0 radical (unpaired) electrons. The molecule has 18 heavy (non-hydrogen) atoms. The number of carbonyl (C=O) groups excluding carboxylic acids is 1. The van der Waals surface area contributed by atoms with Crippen molar-refractivity contribution in [3.05, 3.63) is 57.2 Å². The Balaban J connectivity index is 2.15. The van der Waals surface area contributed by atoms with Gasteiger partial charge in [-0.1, -0.05) is 30.3 Å². The molecule has 92 valence electrons. The van der Waals surface area contributed by atoms with Crippen LogP contribution in [0.1, 0.15) is 15.9 Å². The zero-order valence-electron chi connectivity index (χ0n) is 9.47. The van der Waals surface area contributed by atoms with Crippen LogP contribution in [0, 0.1) is 3.57 Å². The summed E-state index contributed by atoms with van der Waals surface area (Å²) in [6.07, 6.45) is 0.711. The molecule has 4 heteroatoms. The molecule has 0 saturated heterocycles. The van der Waals surface area contributed by atoms with E-state index in [9.17, 15) is 9.90 Å². The summed E-state index contributed by atoms with van der Waals surface area (Å²) in [5, 5.41) is 9.90. The third-order valence-corrected chi connectivity index (χ3v) is 3.61. The highest BCUT2D eigenvalue weighted by Crippen LogP contribution is 2.33. The molecule has 0 aromatic heterocycles. The van der Waals surface area contributed by atoms with Crippen LogP contribution in [0.5, 0.6) is 11.5 Å². The summed E-state index contributed by atoms with van der Waals surface area (Å²) in [4.78, 5) is 10.7. The molecule has 0 fully saturated rings. The van der Waals surface area contributed by atoms with Crippen LogP contribution in [0.3, 0.4) is 0 Å². The normalized spacial score (nSPS) is 10.1. The van der Waals surface area contributed by atoms with Crippen LogP contribution in [0.15, 0.2) is 42.5 Å². The van der Waals surface area contributed by atoms with Gasteiger partial charge in [-0.15, -0.1) is 0 Å². The van der Waals surface area contributed by atoms with E-state index < -0.39 is 0 Å². The van der Waals surface area contributed by atoms with Crippen LogP contribution in [-0.4, -0.2) is 11.4 Å². The lowest BCUT2D eigenvalue weighted by Crippen LogP contribution is -1.97. The predicted octanol–water partition coefficient (Wildman–Crippen LogP) is 3.39. The van der Waals surface area contributed by atoms with Gasteiger partial charge < -0.3 is 9.84 Å². The Bertz CT molecular complexity index is 552. The Labute approximate surface area is 119 Å². The van der Waals surface area contributed by atoms with E-state index >= 15 is 0 Å². The lowest BCUT2D eigenvalue weighted by Gasteiger charge is -2.10. The third kappa shape index (κ3) is 2.81. The minimum Gasteiger partial charge on any atom is -0.504 e. The highest BCUT2D eigenvalue weighted by molar-refractivity contribution is 14.1. The first-order valence-electron chi connectivity index (χ1n) is 5.35. The maximum Gasteiger partial charge on any atom is 0.172 e. The monoisotopic (exact) mass is 354 g/mol. The fraction of sp³-hybridized carbons (Fsp3) is 0.0714. The average Bonchev–Trinajstić information content (AvgIpc) is 2.42. The second-order valence-corrected chi connectivity index (χ2v) is 4.79. The molecule has 0 saturated carbocycles. The molecule has 0 aliphatic heterocycles. The minimum absolute atomic E-state index is 0.0103. The molecule has 2 aromatic rings. The molecule has 0 bridgehead atoms. The first kappa shape index (κ1) is 12.9. The van der Waals surface area contributed by atoms with Crippen LogP contribution in [0.4, 0.5) is 0 Å². The summed E-state index contributed by atoms with van der Waals surface area (Å²) >= 11 is 1.92. The topological polar surface area (TPSA) is 46.5 Å². The summed E-state index contributed by atoms with van der Waals surface area (Å²) in [6.45, 7) is 0.380. The molecular weight excluding hydrogens is 343 g/mol. The third-order valence-electron chi connectivity index (χ3n) is 2.47. The number of phenolic OH excluding ortho intramolecular Hbond substituents is 1. The molecule has 2 rings (SSSR count). The highest BCUT2D eigenvalue weighted by Gasteiger charge is 2.10. The van der Waals surface area contributed by atoms with E-state index in [0.29, 0.717) is 27.8 Å². The Morgan fingerprint density at radius 2 is 1.89 bits per heavy atom. The van der Waals surface area contributed by atoms with Crippen molar-refractivity contribution in [3.63, 3.8) is 0 Å². The SMILES string of the molecule is O=Cc1ccc(OCc2ccccc2)c(O)c1I. The van der Waals surface area contributed by atoms with Crippen molar-refractivity contribution < 1.29 is 14.6 Å². The van der Waals surface area contributed by atoms with Gasteiger partial charge in [-0.25, -0.2) is 0 Å². The average molecular weight is 354 g/mol. The van der Waals surface area contributed by atoms with Crippen molar-refractivity contribution >= 4 is 28.9 Å². The summed E-state index contributed by atoms with van der Waals surface area (Å²) < 4.78 is 6.04. The van der Waals surface area contributed by atoms with E-state index in [1.807, 2.05) is 52.9 Å². The zero-order chi connectivity index (χ0) is 13.0. The van der Waals surface area contributed by atoms with E-state index in [4.69, 9.17) is 4.74 Å². The van der Waals surface area contributed by atoms with Crippen molar-refractivity contribution in [2.75, 3.05) is 0 Å². The second-order valence-electron chi connectivity index (χ2n) is 3.71. The van der Waals surface area contributed by atoms with Gasteiger partial charge in [0.25, 0.3) is 0 Å². The largest absolute Gasteiger partial charge is 0.504 e. The quantitative estimate of drug-likeness (QED) is 0.676. The fourth-order valence-electron chi connectivity index (χ4n) is 1.51. The number of phenols is 1. The van der Waals surface area contributed by atoms with E-state index in [0.717, 1.165) is 5.56 Å². The number of aromatic hydroxyl groups is 1. The molecule has 2 aromatic carbocycles. The van der Waals surface area contributed by atoms with Crippen LogP contribution in [0.25, 0.3) is 0 Å². The lowest BCUT2D eigenvalue weighted by atomic mass is 10.2. The first-order chi connectivity index (χ1) is 8.72. The molecular formula is C14H11IO3. The molecule has 0 amide bonds. The number of hydrogen-bond acceptors (Lipinski definition) is 3. The molecule has 0 aliphatic rings. The van der Waals surface area contributed by atoms with Crippen molar-refractivity contribution in [2.24, 2.45) is 0 Å². The van der Waals surface area contributed by atoms with Gasteiger partial charge in [0, 0.05) is 5.56 Å². The number of hydrogen-bond donors (Lipinski definition) is 1. The highest BCUT2D eigenvalue weighted by atomic mass is 127. The van der Waals surface area contributed by atoms with Gasteiger partial charge in [0.1, 0.15) is 6.61 Å². The Morgan fingerprint density at radius 3 is 2.56 bits per heavy atom. The maximum absolute atomic E-state index is 10.7. The Morgan fingerprint density at radius 1 is 1.17 bits per heavy atom. The van der Waals surface area contributed by atoms with Crippen molar-refractivity contribution in [1.29, 1.82) is 0 Å². The summed E-state index contributed by atoms with van der Waals surface area (Å²) in [5.41, 5.74) is 1.48. The van der Waals surface area contributed by atoms with Crippen molar-refractivity contribution in [2.45, 2.75) is 6.61 Å². The van der Waals surface area contributed by atoms with Gasteiger partial charge in [-0.05, 0) is 40.3 Å². The maximum atomic E-state index is 10.7. The van der Waals surface area contributed by atoms with E-state index in [1.165, 1.54) is 0 Å². The number of carbonyl (C=O) groups is 1. The molecule has 3 nitrogen and oxygen atoms in total. The first-order valence-corrected chi connectivity index (χ1v) is 6.43. The van der Waals surface area contributed by atoms with Gasteiger partial charge in [0.15, 0.2) is 17.8 Å². The van der Waals surface area contributed by atoms with Gasteiger partial charge in [-0.2, -0.15) is 0 Å². The van der Waals surface area contributed by atoms with Gasteiger partial charge in [-0.3, -0.25) is 4.79 Å². The summed E-state index contributed by atoms with van der Waals surface area (Å²) in [6, 6.07) is 12.9. The number of aldehydes is 1. The second kappa shape index (κ2) is 5.86. The van der Waals surface area contributed by atoms with E-state index in [1.54, 1.807) is 12.1 Å². The fourth-order valence-corrected chi connectivity index (χ4v) is 2.08. The van der Waals surface area contributed by atoms with Gasteiger partial charge >= 0.3 is 0 Å². The smallest absolute Gasteiger partial charge is 0.172 e. The van der Waals surface area contributed by atoms with Gasteiger partial charge in [0.2, 0.25) is 0 Å². The Kier molecular flexibility index (Phi) is 4.19. The lowest BCUT2D eigenvalue weighted by molar-refractivity contribution is 0.112. The van der Waals surface area contributed by atoms with Crippen LogP contribution in [0.2, 0.25) is 0 Å². The Hall–Kier alpha value is -1.56.